The third-order valence-corrected chi connectivity index (χ3v) is 3.11. The summed E-state index contributed by atoms with van der Waals surface area (Å²) >= 11 is 5.09. The number of carbonyl (C=O) groups excluding carboxylic acids is 1. The Bertz CT molecular complexity index is 555. The molecule has 1 aromatic rings. The summed E-state index contributed by atoms with van der Waals surface area (Å²) in [4.78, 5) is 14.3. The number of nitrogens with zero attached hydrogens (tertiary/aromatic N) is 1. The fraction of sp³-hybridized carbons (Fsp3) is 0.462. The van der Waals surface area contributed by atoms with Crippen molar-refractivity contribution in [1.82, 2.24) is 4.98 Å². The molecule has 0 amide bonds. The van der Waals surface area contributed by atoms with Crippen molar-refractivity contribution in [3.8, 4) is 6.07 Å². The molecule has 0 aromatic carbocycles. The van der Waals surface area contributed by atoms with Crippen molar-refractivity contribution in [2.45, 2.75) is 33.6 Å². The van der Waals surface area contributed by atoms with E-state index in [1.807, 2.05) is 13.8 Å². The van der Waals surface area contributed by atoms with Crippen molar-refractivity contribution in [1.29, 1.82) is 5.26 Å². The molecule has 0 unspecified atom stereocenters. The predicted octanol–water partition coefficient (Wildman–Crippen LogP) is 2.73. The van der Waals surface area contributed by atoms with Gasteiger partial charge >= 0.3 is 5.97 Å². The van der Waals surface area contributed by atoms with Crippen LogP contribution in [0.5, 0.6) is 0 Å². The average Bonchev–Trinajstić information content (AvgIpc) is 2.29. The highest BCUT2D eigenvalue weighted by Gasteiger charge is 2.12. The number of aryl methyl sites for hydroxylation is 1. The first-order valence-corrected chi connectivity index (χ1v) is 6.20. The molecule has 0 aliphatic carbocycles. The summed E-state index contributed by atoms with van der Waals surface area (Å²) < 4.78 is 5.34. The zero-order valence-electron chi connectivity index (χ0n) is 10.8. The second-order valence-corrected chi connectivity index (χ2v) is 4.38. The first-order chi connectivity index (χ1) is 8.51. The summed E-state index contributed by atoms with van der Waals surface area (Å²) in [5.41, 5.74) is 3.20. The van der Waals surface area contributed by atoms with Crippen LogP contribution >= 0.6 is 12.2 Å². The van der Waals surface area contributed by atoms with Crippen molar-refractivity contribution < 1.29 is 9.53 Å². The molecule has 1 aromatic heterocycles. The summed E-state index contributed by atoms with van der Waals surface area (Å²) in [5.74, 6) is -0.225. The number of pyridine rings is 1. The van der Waals surface area contributed by atoms with Crippen molar-refractivity contribution in [3.05, 3.63) is 27.0 Å². The molecule has 0 aliphatic heterocycles. The van der Waals surface area contributed by atoms with Gasteiger partial charge in [-0.25, -0.2) is 0 Å². The molecule has 4 nitrogen and oxygen atoms in total. The smallest absolute Gasteiger partial charge is 0.306 e. The van der Waals surface area contributed by atoms with Gasteiger partial charge in [-0.1, -0.05) is 12.2 Å². The van der Waals surface area contributed by atoms with E-state index in [0.29, 0.717) is 29.7 Å². The fourth-order valence-electron chi connectivity index (χ4n) is 1.88. The van der Waals surface area contributed by atoms with Crippen molar-refractivity contribution >= 4 is 18.2 Å². The van der Waals surface area contributed by atoms with Crippen LogP contribution in [0.4, 0.5) is 0 Å². The number of aromatic amines is 1. The maximum atomic E-state index is 11.3. The molecule has 0 bridgehead atoms. The number of esters is 1. The van der Waals surface area contributed by atoms with E-state index >= 15 is 0 Å². The van der Waals surface area contributed by atoms with Gasteiger partial charge in [-0.3, -0.25) is 4.79 Å². The Labute approximate surface area is 112 Å². The monoisotopic (exact) mass is 264 g/mol. The zero-order valence-corrected chi connectivity index (χ0v) is 11.6. The molecule has 1 heterocycles. The molecule has 1 N–H and O–H groups in total. The van der Waals surface area contributed by atoms with E-state index in [2.05, 4.69) is 11.1 Å². The predicted molar refractivity (Wildman–Crippen MR) is 70.8 cm³/mol. The van der Waals surface area contributed by atoms with Crippen LogP contribution in [0.3, 0.4) is 0 Å². The van der Waals surface area contributed by atoms with Gasteiger partial charge in [0.1, 0.15) is 10.7 Å². The topological polar surface area (TPSA) is 65.9 Å². The van der Waals surface area contributed by atoms with Gasteiger partial charge in [0.2, 0.25) is 0 Å². The highest BCUT2D eigenvalue weighted by molar-refractivity contribution is 7.71. The average molecular weight is 264 g/mol. The molecule has 96 valence electrons. The molecule has 18 heavy (non-hydrogen) atoms. The Hall–Kier alpha value is -1.67. The quantitative estimate of drug-likeness (QED) is 0.670. The maximum Gasteiger partial charge on any atom is 0.306 e. The molecule has 0 saturated carbocycles. The van der Waals surface area contributed by atoms with E-state index in [1.165, 1.54) is 0 Å². The number of nitriles is 1. The Morgan fingerprint density at radius 2 is 2.17 bits per heavy atom. The Kier molecular flexibility index (Phi) is 5.05. The molecule has 0 saturated heterocycles. The van der Waals surface area contributed by atoms with Crippen LogP contribution < -0.4 is 0 Å². The second-order valence-electron chi connectivity index (χ2n) is 3.97. The normalized spacial score (nSPS) is 9.89. The molecule has 0 atom stereocenters. The van der Waals surface area contributed by atoms with Crippen molar-refractivity contribution in [2.24, 2.45) is 0 Å². The number of nitrogens with one attached hydrogen (secondary N) is 1. The van der Waals surface area contributed by atoms with Gasteiger partial charge in [0.25, 0.3) is 0 Å². The molecule has 0 fully saturated rings. The lowest BCUT2D eigenvalue weighted by Gasteiger charge is -2.11. The Morgan fingerprint density at radius 3 is 2.72 bits per heavy atom. The maximum absolute atomic E-state index is 11.3. The highest BCUT2D eigenvalue weighted by Crippen LogP contribution is 2.18. The van der Waals surface area contributed by atoms with Crippen molar-refractivity contribution in [2.75, 3.05) is 6.61 Å². The van der Waals surface area contributed by atoms with Gasteiger partial charge < -0.3 is 9.72 Å². The lowest BCUT2D eigenvalue weighted by atomic mass is 9.99. The zero-order chi connectivity index (χ0) is 13.7. The number of carbonyl (C=O) groups is 1. The number of aromatic nitrogens is 1. The molecule has 0 radical (unpaired) electrons. The van der Waals surface area contributed by atoms with E-state index < -0.39 is 0 Å². The summed E-state index contributed by atoms with van der Waals surface area (Å²) in [6, 6.07) is 2.09. The van der Waals surface area contributed by atoms with Crippen LogP contribution in [-0.2, 0) is 16.0 Å². The molecule has 0 aliphatic rings. The van der Waals surface area contributed by atoms with Crippen LogP contribution in [0.2, 0.25) is 0 Å². The third-order valence-electron chi connectivity index (χ3n) is 2.80. The standard InChI is InChI=1S/C13H16N2O2S/c1-4-17-12(16)6-5-10-8(2)11(7-14)13(18)15-9(10)3/h4-6H2,1-3H3,(H,15,18). The van der Waals surface area contributed by atoms with E-state index in [4.69, 9.17) is 22.2 Å². The minimum atomic E-state index is -0.225. The first-order valence-electron chi connectivity index (χ1n) is 5.79. The van der Waals surface area contributed by atoms with Gasteiger partial charge in [-0.05, 0) is 38.3 Å². The summed E-state index contributed by atoms with van der Waals surface area (Å²) in [6.07, 6.45) is 0.863. The largest absolute Gasteiger partial charge is 0.466 e. The Morgan fingerprint density at radius 1 is 1.50 bits per heavy atom. The molecular formula is C13H16N2O2S. The van der Waals surface area contributed by atoms with Crippen LogP contribution in [0.1, 0.15) is 35.7 Å². The van der Waals surface area contributed by atoms with Gasteiger partial charge in [-0.15, -0.1) is 0 Å². The van der Waals surface area contributed by atoms with Gasteiger partial charge in [-0.2, -0.15) is 5.26 Å². The molecule has 0 spiro atoms. The third kappa shape index (κ3) is 3.17. The van der Waals surface area contributed by atoms with Crippen LogP contribution in [0.15, 0.2) is 0 Å². The number of hydrogen-bond donors (Lipinski definition) is 1. The SMILES string of the molecule is CCOC(=O)CCc1c(C)[nH]c(=S)c(C#N)c1C. The van der Waals surface area contributed by atoms with Gasteiger partial charge in [0, 0.05) is 12.1 Å². The van der Waals surface area contributed by atoms with E-state index in [0.717, 1.165) is 16.8 Å². The number of ether oxygens (including phenoxy) is 1. The second kappa shape index (κ2) is 6.31. The van der Waals surface area contributed by atoms with Gasteiger partial charge in [0.15, 0.2) is 0 Å². The summed E-state index contributed by atoms with van der Waals surface area (Å²) in [5, 5.41) is 9.05. The van der Waals surface area contributed by atoms with Crippen molar-refractivity contribution in [3.63, 3.8) is 0 Å². The lowest BCUT2D eigenvalue weighted by Crippen LogP contribution is -2.08. The number of H-pyrrole nitrogens is 1. The first kappa shape index (κ1) is 14.4. The minimum Gasteiger partial charge on any atom is -0.466 e. The number of rotatable bonds is 4. The summed E-state index contributed by atoms with van der Waals surface area (Å²) in [6.45, 7) is 5.92. The van der Waals surface area contributed by atoms with E-state index in [-0.39, 0.29) is 5.97 Å². The molecular weight excluding hydrogens is 248 g/mol. The molecule has 5 heteroatoms. The Balaban J connectivity index is 3.00. The molecule has 1 rings (SSSR count). The van der Waals surface area contributed by atoms with Crippen LogP contribution in [0, 0.1) is 29.8 Å². The van der Waals surface area contributed by atoms with Crippen LogP contribution in [-0.4, -0.2) is 17.6 Å². The minimum absolute atomic E-state index is 0.225. The lowest BCUT2D eigenvalue weighted by molar-refractivity contribution is -0.143. The fourth-order valence-corrected chi connectivity index (χ4v) is 2.23. The van der Waals surface area contributed by atoms with Crippen LogP contribution in [0.25, 0.3) is 0 Å². The highest BCUT2D eigenvalue weighted by atomic mass is 32.1. The van der Waals surface area contributed by atoms with E-state index in [1.54, 1.807) is 6.92 Å². The summed E-state index contributed by atoms with van der Waals surface area (Å²) in [7, 11) is 0. The van der Waals surface area contributed by atoms with Gasteiger partial charge in [0.05, 0.1) is 12.2 Å². The van der Waals surface area contributed by atoms with E-state index in [9.17, 15) is 4.79 Å². The number of hydrogen-bond acceptors (Lipinski definition) is 4.